The van der Waals surface area contributed by atoms with Crippen LogP contribution in [0, 0.1) is 5.92 Å². The zero-order valence-corrected chi connectivity index (χ0v) is 18.9. The molecule has 33 heavy (non-hydrogen) atoms. The Bertz CT molecular complexity index is 1240. The minimum Gasteiger partial charge on any atom is -0.496 e. The largest absolute Gasteiger partial charge is 0.496 e. The second kappa shape index (κ2) is 7.52. The van der Waals surface area contributed by atoms with Gasteiger partial charge in [-0.3, -0.25) is 9.59 Å². The Morgan fingerprint density at radius 1 is 1.06 bits per heavy atom. The smallest absolute Gasteiger partial charge is 0.319 e. The van der Waals surface area contributed by atoms with Crippen LogP contribution in [0.4, 0.5) is 4.79 Å². The quantitative estimate of drug-likeness (QED) is 0.667. The van der Waals surface area contributed by atoms with Crippen LogP contribution in [-0.4, -0.2) is 37.4 Å². The van der Waals surface area contributed by atoms with Crippen molar-refractivity contribution in [1.82, 2.24) is 10.6 Å². The number of hydrogen-bond donors (Lipinski definition) is 2. The Labute approximate surface area is 194 Å². The van der Waals surface area contributed by atoms with E-state index in [1.807, 2.05) is 30.3 Å². The number of benzene rings is 2. The number of halogens is 1. The highest BCUT2D eigenvalue weighted by molar-refractivity contribution is 6.36. The first-order chi connectivity index (χ1) is 15.8. The van der Waals surface area contributed by atoms with Crippen LogP contribution in [0.5, 0.6) is 17.2 Å². The van der Waals surface area contributed by atoms with E-state index in [1.165, 1.54) is 20.3 Å². The van der Waals surface area contributed by atoms with Crippen LogP contribution >= 0.6 is 11.6 Å². The number of ether oxygens (including phenoxy) is 3. The number of rotatable bonds is 3. The van der Waals surface area contributed by atoms with Gasteiger partial charge in [0.05, 0.1) is 20.3 Å². The third-order valence-electron chi connectivity index (χ3n) is 6.49. The molecule has 2 amide bonds. The maximum absolute atomic E-state index is 14.1. The second-order valence-corrected chi connectivity index (χ2v) is 8.61. The topological polar surface area (TPSA) is 103 Å². The van der Waals surface area contributed by atoms with Gasteiger partial charge in [0.2, 0.25) is 17.2 Å². The highest BCUT2D eigenvalue weighted by Crippen LogP contribution is 2.54. The molecule has 1 aliphatic carbocycles. The number of urea groups is 1. The van der Waals surface area contributed by atoms with E-state index in [9.17, 15) is 14.4 Å². The zero-order chi connectivity index (χ0) is 23.5. The third kappa shape index (κ3) is 2.87. The van der Waals surface area contributed by atoms with Gasteiger partial charge in [-0.25, -0.2) is 4.79 Å². The van der Waals surface area contributed by atoms with E-state index in [4.69, 9.17) is 25.8 Å². The molecule has 1 spiro atoms. The predicted octanol–water partition coefficient (Wildman–Crippen LogP) is 3.59. The number of carbonyl (C=O) groups excluding carboxylic acids is 3. The van der Waals surface area contributed by atoms with E-state index in [2.05, 4.69) is 10.6 Å². The molecule has 3 aliphatic rings. The molecule has 2 aliphatic heterocycles. The third-order valence-corrected chi connectivity index (χ3v) is 6.85. The lowest BCUT2D eigenvalue weighted by Crippen LogP contribution is -2.60. The van der Waals surface area contributed by atoms with E-state index in [0.29, 0.717) is 11.3 Å². The summed E-state index contributed by atoms with van der Waals surface area (Å²) in [7, 11) is 2.85. The van der Waals surface area contributed by atoms with E-state index in [-0.39, 0.29) is 34.3 Å². The molecule has 2 N–H and O–H groups in total. The first-order valence-corrected chi connectivity index (χ1v) is 10.8. The van der Waals surface area contributed by atoms with Crippen LogP contribution in [0.2, 0.25) is 5.02 Å². The molecule has 0 aromatic heterocycles. The first-order valence-electron chi connectivity index (χ1n) is 10.4. The van der Waals surface area contributed by atoms with Gasteiger partial charge < -0.3 is 24.8 Å². The molecular formula is C24H21ClN2O6. The van der Waals surface area contributed by atoms with Gasteiger partial charge >= 0.3 is 6.03 Å². The number of allylic oxidation sites excluding steroid dienone is 1. The summed E-state index contributed by atoms with van der Waals surface area (Å²) in [6.45, 7) is 1.74. The van der Waals surface area contributed by atoms with Crippen molar-refractivity contribution < 1.29 is 28.6 Å². The van der Waals surface area contributed by atoms with Gasteiger partial charge in [0.1, 0.15) is 22.1 Å². The summed E-state index contributed by atoms with van der Waals surface area (Å²) in [6, 6.07) is 9.48. The molecule has 170 valence electrons. The minimum absolute atomic E-state index is 0.0613. The first kappa shape index (κ1) is 21.3. The molecule has 2 aromatic carbocycles. The second-order valence-electron chi connectivity index (χ2n) is 8.23. The van der Waals surface area contributed by atoms with Gasteiger partial charge in [-0.15, -0.1) is 0 Å². The Balaban J connectivity index is 1.68. The average molecular weight is 469 g/mol. The molecule has 5 rings (SSSR count). The van der Waals surface area contributed by atoms with Crippen molar-refractivity contribution in [2.45, 2.75) is 25.0 Å². The van der Waals surface area contributed by atoms with Crippen molar-refractivity contribution >= 4 is 29.2 Å². The fraction of sp³-hybridized carbons (Fsp3) is 0.292. The van der Waals surface area contributed by atoms with Crippen LogP contribution in [0.1, 0.15) is 35.3 Å². The van der Waals surface area contributed by atoms with Crippen molar-refractivity contribution in [3.8, 4) is 17.2 Å². The number of Topliss-reactive ketones (excluding diaryl/α,β-unsaturated/α-hetero) is 2. The fourth-order valence-electron chi connectivity index (χ4n) is 4.89. The highest BCUT2D eigenvalue weighted by Gasteiger charge is 2.63. The summed E-state index contributed by atoms with van der Waals surface area (Å²) in [5.74, 6) is -1.08. The standard InChI is InChI=1S/C24H21ClN2O6/c1-11-9-13-16(19(27-23(30)26-13)12-7-5-4-6-8-12)21(28)24(11)22(29)17-14(31-2)10-15(32-3)18(25)20(17)33-24/h4-8,10-11,19H,9H2,1-3H3,(H2,26,27,30)/t11-,19-,24+/m1/s1. The molecule has 8 nitrogen and oxygen atoms in total. The van der Waals surface area contributed by atoms with Crippen LogP contribution < -0.4 is 24.8 Å². The number of carbonyl (C=O) groups is 3. The molecule has 0 unspecified atom stereocenters. The molecule has 0 radical (unpaired) electrons. The lowest BCUT2D eigenvalue weighted by atomic mass is 9.68. The summed E-state index contributed by atoms with van der Waals surface area (Å²) in [5, 5.41) is 5.64. The normalized spacial score (nSPS) is 25.8. The SMILES string of the molecule is COc1cc(OC)c2c(c1Cl)O[C@@]1(C(=O)C3=C(C[C@H]1C)NC(=O)N[C@@H]3c1ccccc1)C2=O. The van der Waals surface area contributed by atoms with Crippen molar-refractivity contribution in [3.05, 3.63) is 63.8 Å². The maximum Gasteiger partial charge on any atom is 0.319 e. The molecule has 2 heterocycles. The van der Waals surface area contributed by atoms with Crippen LogP contribution in [-0.2, 0) is 4.79 Å². The number of hydrogen-bond acceptors (Lipinski definition) is 6. The maximum atomic E-state index is 14.1. The van der Waals surface area contributed by atoms with Gasteiger partial charge in [0.25, 0.3) is 0 Å². The molecule has 9 heteroatoms. The van der Waals surface area contributed by atoms with Gasteiger partial charge in [-0.05, 0) is 12.0 Å². The number of amides is 2. The van der Waals surface area contributed by atoms with Crippen LogP contribution in [0.15, 0.2) is 47.7 Å². The van der Waals surface area contributed by atoms with Crippen molar-refractivity contribution in [2.24, 2.45) is 5.92 Å². The monoisotopic (exact) mass is 468 g/mol. The lowest BCUT2D eigenvalue weighted by Gasteiger charge is -2.42. The number of methoxy groups -OCH3 is 2. The Hall–Kier alpha value is -3.52. The molecule has 3 atom stereocenters. The number of nitrogens with one attached hydrogen (secondary N) is 2. The van der Waals surface area contributed by atoms with Crippen LogP contribution in [0.3, 0.4) is 0 Å². The number of ketones is 2. The number of fused-ring (bicyclic) bond motifs is 1. The van der Waals surface area contributed by atoms with E-state index in [0.717, 1.165) is 5.56 Å². The zero-order valence-electron chi connectivity index (χ0n) is 18.2. The minimum atomic E-state index is -1.83. The summed E-state index contributed by atoms with van der Waals surface area (Å²) >= 11 is 6.48. The molecule has 0 saturated carbocycles. The van der Waals surface area contributed by atoms with Gasteiger partial charge in [-0.2, -0.15) is 0 Å². The Kier molecular flexibility index (Phi) is 4.86. The average Bonchev–Trinajstić information content (AvgIpc) is 3.13. The molecule has 2 aromatic rings. The van der Waals surface area contributed by atoms with Crippen molar-refractivity contribution in [2.75, 3.05) is 14.2 Å². The molecule has 0 saturated heterocycles. The molecule has 0 fully saturated rings. The van der Waals surface area contributed by atoms with Gasteiger partial charge in [0.15, 0.2) is 5.75 Å². The predicted molar refractivity (Wildman–Crippen MR) is 119 cm³/mol. The Morgan fingerprint density at radius 2 is 1.76 bits per heavy atom. The fourth-order valence-corrected chi connectivity index (χ4v) is 5.16. The van der Waals surface area contributed by atoms with E-state index < -0.39 is 35.2 Å². The molecular weight excluding hydrogens is 448 g/mol. The van der Waals surface area contributed by atoms with E-state index >= 15 is 0 Å². The molecule has 0 bridgehead atoms. The highest BCUT2D eigenvalue weighted by atomic mass is 35.5. The Morgan fingerprint density at radius 3 is 2.42 bits per heavy atom. The summed E-state index contributed by atoms with van der Waals surface area (Å²) in [5.41, 5.74) is -0.225. The van der Waals surface area contributed by atoms with E-state index in [1.54, 1.807) is 6.92 Å². The lowest BCUT2D eigenvalue weighted by molar-refractivity contribution is -0.131. The summed E-state index contributed by atoms with van der Waals surface area (Å²) < 4.78 is 16.9. The van der Waals surface area contributed by atoms with Gasteiger partial charge in [-0.1, -0.05) is 48.9 Å². The van der Waals surface area contributed by atoms with Crippen molar-refractivity contribution in [3.63, 3.8) is 0 Å². The van der Waals surface area contributed by atoms with Gasteiger partial charge in [0, 0.05) is 23.3 Å². The van der Waals surface area contributed by atoms with Crippen molar-refractivity contribution in [1.29, 1.82) is 0 Å². The summed E-state index contributed by atoms with van der Waals surface area (Å²) in [4.78, 5) is 40.3. The van der Waals surface area contributed by atoms with Crippen LogP contribution in [0.25, 0.3) is 0 Å². The summed E-state index contributed by atoms with van der Waals surface area (Å²) in [6.07, 6.45) is 0.259.